The minimum Gasteiger partial charge on any atom is -0.368 e. The number of hydrogen-bond donors (Lipinski definition) is 1. The molecule has 5 rings (SSSR count). The molecular formula is C20H20FN7O. The molecule has 0 amide bonds. The standard InChI is InChI=1S/C20H20FN7O/c1-12-8-26(6-5-22-12)15-3-4-17-24-18(25-20(29)28(17)11-15)14-7-16(21)19-23-13(2)9-27(19)10-14/h3-4,7,9-12,22H,5-6,8H2,1-2H3/t12-/m0/s1. The third kappa shape index (κ3) is 3.13. The molecule has 148 valence electrons. The molecule has 0 radical (unpaired) electrons. The lowest BCUT2D eigenvalue weighted by atomic mass is 10.2. The zero-order chi connectivity index (χ0) is 20.1. The van der Waals surface area contributed by atoms with Gasteiger partial charge in [0.2, 0.25) is 0 Å². The number of nitrogens with zero attached hydrogens (tertiary/aromatic N) is 6. The van der Waals surface area contributed by atoms with Gasteiger partial charge in [-0.2, -0.15) is 4.98 Å². The fourth-order valence-electron chi connectivity index (χ4n) is 3.79. The molecule has 8 nitrogen and oxygen atoms in total. The largest absolute Gasteiger partial charge is 0.368 e. The summed E-state index contributed by atoms with van der Waals surface area (Å²) in [6, 6.07) is 5.44. The van der Waals surface area contributed by atoms with Crippen LogP contribution in [0.4, 0.5) is 10.1 Å². The number of pyridine rings is 2. The maximum atomic E-state index is 14.4. The van der Waals surface area contributed by atoms with E-state index in [0.717, 1.165) is 25.3 Å². The van der Waals surface area contributed by atoms with E-state index in [-0.39, 0.29) is 11.5 Å². The molecule has 29 heavy (non-hydrogen) atoms. The zero-order valence-electron chi connectivity index (χ0n) is 16.1. The summed E-state index contributed by atoms with van der Waals surface area (Å²) >= 11 is 0. The number of piperazine rings is 1. The number of fused-ring (bicyclic) bond motifs is 2. The number of aryl methyl sites for hydroxylation is 1. The summed E-state index contributed by atoms with van der Waals surface area (Å²) in [7, 11) is 0. The Morgan fingerprint density at radius 3 is 2.86 bits per heavy atom. The normalized spacial score (nSPS) is 17.3. The molecule has 0 spiro atoms. The van der Waals surface area contributed by atoms with Gasteiger partial charge in [0.1, 0.15) is 5.65 Å². The summed E-state index contributed by atoms with van der Waals surface area (Å²) in [6.45, 7) is 6.55. The number of rotatable bonds is 2. The molecule has 0 bridgehead atoms. The van der Waals surface area contributed by atoms with Crippen LogP contribution in [-0.2, 0) is 0 Å². The van der Waals surface area contributed by atoms with Gasteiger partial charge in [0.15, 0.2) is 17.3 Å². The van der Waals surface area contributed by atoms with E-state index >= 15 is 0 Å². The molecule has 5 heterocycles. The van der Waals surface area contributed by atoms with E-state index in [0.29, 0.717) is 22.9 Å². The second kappa shape index (κ2) is 6.63. The van der Waals surface area contributed by atoms with Gasteiger partial charge in [-0.25, -0.2) is 23.6 Å². The van der Waals surface area contributed by atoms with Crippen LogP contribution in [0, 0.1) is 12.7 Å². The molecular weight excluding hydrogens is 373 g/mol. The van der Waals surface area contributed by atoms with Gasteiger partial charge in [-0.05, 0) is 32.0 Å². The Morgan fingerprint density at radius 2 is 2.03 bits per heavy atom. The summed E-state index contributed by atoms with van der Waals surface area (Å²) in [5.41, 5.74) is 2.33. The number of halogens is 1. The van der Waals surface area contributed by atoms with E-state index in [1.807, 2.05) is 6.07 Å². The van der Waals surface area contributed by atoms with Gasteiger partial charge in [0, 0.05) is 49.8 Å². The van der Waals surface area contributed by atoms with Crippen LogP contribution in [0.15, 0.2) is 41.6 Å². The van der Waals surface area contributed by atoms with Crippen LogP contribution in [-0.4, -0.2) is 49.4 Å². The molecule has 0 aliphatic carbocycles. The Morgan fingerprint density at radius 1 is 1.17 bits per heavy atom. The summed E-state index contributed by atoms with van der Waals surface area (Å²) in [5.74, 6) is -0.298. The van der Waals surface area contributed by atoms with Crippen molar-refractivity contribution in [2.24, 2.45) is 0 Å². The SMILES string of the molecule is Cc1cn2cc(-c3nc(=O)n4cc(N5CCN[C@@H](C)C5)ccc4n3)cc(F)c2n1. The molecule has 1 atom stereocenters. The van der Waals surface area contributed by atoms with E-state index in [2.05, 4.69) is 32.1 Å². The van der Waals surface area contributed by atoms with Crippen molar-refractivity contribution in [2.75, 3.05) is 24.5 Å². The quantitative estimate of drug-likeness (QED) is 0.558. The van der Waals surface area contributed by atoms with Crippen LogP contribution >= 0.6 is 0 Å². The second-order valence-corrected chi connectivity index (χ2v) is 7.44. The Kier molecular flexibility index (Phi) is 4.06. The molecule has 1 N–H and O–H groups in total. The van der Waals surface area contributed by atoms with Crippen molar-refractivity contribution in [1.29, 1.82) is 0 Å². The highest BCUT2D eigenvalue weighted by molar-refractivity contribution is 5.61. The highest BCUT2D eigenvalue weighted by atomic mass is 19.1. The van der Waals surface area contributed by atoms with E-state index in [4.69, 9.17) is 0 Å². The van der Waals surface area contributed by atoms with Gasteiger partial charge >= 0.3 is 5.69 Å². The first kappa shape index (κ1) is 17.7. The zero-order valence-corrected chi connectivity index (χ0v) is 16.1. The Hall–Kier alpha value is -3.33. The number of hydrogen-bond acceptors (Lipinski definition) is 6. The van der Waals surface area contributed by atoms with E-state index in [1.54, 1.807) is 36.0 Å². The van der Waals surface area contributed by atoms with Gasteiger partial charge in [0.25, 0.3) is 0 Å². The van der Waals surface area contributed by atoms with E-state index < -0.39 is 11.5 Å². The summed E-state index contributed by atoms with van der Waals surface area (Å²) in [5, 5.41) is 3.40. The predicted octanol–water partition coefficient (Wildman–Crippen LogP) is 1.65. The van der Waals surface area contributed by atoms with E-state index in [1.165, 1.54) is 10.5 Å². The summed E-state index contributed by atoms with van der Waals surface area (Å²) in [6.07, 6.45) is 5.17. The van der Waals surface area contributed by atoms with Crippen LogP contribution in [0.1, 0.15) is 12.6 Å². The molecule has 4 aromatic rings. The number of nitrogens with one attached hydrogen (secondary N) is 1. The molecule has 0 aromatic carbocycles. The van der Waals surface area contributed by atoms with Crippen molar-refractivity contribution in [3.05, 3.63) is 58.8 Å². The molecule has 1 saturated heterocycles. The molecule has 1 aliphatic rings. The van der Waals surface area contributed by atoms with Gasteiger partial charge < -0.3 is 14.6 Å². The summed E-state index contributed by atoms with van der Waals surface area (Å²) < 4.78 is 17.4. The Balaban J connectivity index is 1.58. The lowest BCUT2D eigenvalue weighted by Crippen LogP contribution is -2.49. The third-order valence-electron chi connectivity index (χ3n) is 5.16. The lowest BCUT2D eigenvalue weighted by molar-refractivity contribution is 0.484. The predicted molar refractivity (Wildman–Crippen MR) is 108 cm³/mol. The monoisotopic (exact) mass is 393 g/mol. The van der Waals surface area contributed by atoms with Crippen LogP contribution in [0.5, 0.6) is 0 Å². The smallest absolute Gasteiger partial charge is 0.355 e. The number of aromatic nitrogens is 5. The van der Waals surface area contributed by atoms with Crippen molar-refractivity contribution in [3.8, 4) is 11.4 Å². The molecule has 0 saturated carbocycles. The maximum Gasteiger partial charge on any atom is 0.355 e. The van der Waals surface area contributed by atoms with Crippen molar-refractivity contribution >= 4 is 17.0 Å². The van der Waals surface area contributed by atoms with Crippen LogP contribution in [0.25, 0.3) is 22.7 Å². The average molecular weight is 393 g/mol. The maximum absolute atomic E-state index is 14.4. The highest BCUT2D eigenvalue weighted by Crippen LogP contribution is 2.21. The van der Waals surface area contributed by atoms with Crippen molar-refractivity contribution in [1.82, 2.24) is 29.1 Å². The molecule has 9 heteroatoms. The third-order valence-corrected chi connectivity index (χ3v) is 5.16. The van der Waals surface area contributed by atoms with Gasteiger partial charge in [-0.15, -0.1) is 0 Å². The van der Waals surface area contributed by atoms with Gasteiger partial charge in [-0.3, -0.25) is 0 Å². The highest BCUT2D eigenvalue weighted by Gasteiger charge is 2.17. The Labute approximate surface area is 165 Å². The Bertz CT molecular complexity index is 1300. The molecule has 0 unspecified atom stereocenters. The minimum absolute atomic E-state index is 0.186. The molecule has 1 fully saturated rings. The second-order valence-electron chi connectivity index (χ2n) is 7.44. The number of anilines is 1. The van der Waals surface area contributed by atoms with Gasteiger partial charge in [-0.1, -0.05) is 0 Å². The van der Waals surface area contributed by atoms with Crippen molar-refractivity contribution in [3.63, 3.8) is 0 Å². The first-order valence-electron chi connectivity index (χ1n) is 9.52. The fourth-order valence-corrected chi connectivity index (χ4v) is 3.79. The lowest BCUT2D eigenvalue weighted by Gasteiger charge is -2.33. The van der Waals surface area contributed by atoms with Crippen LogP contribution in [0.3, 0.4) is 0 Å². The van der Waals surface area contributed by atoms with Gasteiger partial charge in [0.05, 0.1) is 11.4 Å². The van der Waals surface area contributed by atoms with Crippen molar-refractivity contribution in [2.45, 2.75) is 19.9 Å². The topological polar surface area (TPSA) is 79.8 Å². The molecule has 1 aliphatic heterocycles. The first-order valence-corrected chi connectivity index (χ1v) is 9.52. The number of imidazole rings is 1. The minimum atomic E-state index is -0.484. The summed E-state index contributed by atoms with van der Waals surface area (Å²) in [4.78, 5) is 27.6. The average Bonchev–Trinajstić information content (AvgIpc) is 3.08. The fraction of sp³-hybridized carbons (Fsp3) is 0.300. The van der Waals surface area contributed by atoms with E-state index in [9.17, 15) is 9.18 Å². The van der Waals surface area contributed by atoms with Crippen LogP contribution in [0.2, 0.25) is 0 Å². The first-order chi connectivity index (χ1) is 14.0. The molecule has 4 aromatic heterocycles. The van der Waals surface area contributed by atoms with Crippen LogP contribution < -0.4 is 15.9 Å². The van der Waals surface area contributed by atoms with Crippen molar-refractivity contribution < 1.29 is 4.39 Å².